The highest BCUT2D eigenvalue weighted by atomic mass is 16.5. The van der Waals surface area contributed by atoms with Crippen LogP contribution in [0.5, 0.6) is 0 Å². The molecule has 0 saturated carbocycles. The molecule has 0 atom stereocenters. The van der Waals surface area contributed by atoms with E-state index in [0.29, 0.717) is 6.61 Å². The quantitative estimate of drug-likeness (QED) is 0.433. The Hall–Kier alpha value is -0.650. The second-order valence-corrected chi connectivity index (χ2v) is 3.53. The fourth-order valence-electron chi connectivity index (χ4n) is 0.511. The molecule has 0 aliphatic heterocycles. The molecule has 0 aromatic heterocycles. The summed E-state index contributed by atoms with van der Waals surface area (Å²) < 4.78 is 5.81. The van der Waals surface area contributed by atoms with Crippen molar-refractivity contribution in [3.63, 3.8) is 0 Å². The van der Waals surface area contributed by atoms with E-state index in [9.17, 15) is 4.79 Å². The standard InChI is InChI=1S/C7H16N2O2.H3N/c1-9(2,3)4-5-11-6-7(8)10;/h4-6H2,1-3H3,(H-,8,10);1H3/p+1. The van der Waals surface area contributed by atoms with E-state index in [-0.39, 0.29) is 12.8 Å². The number of nitrogens with zero attached hydrogens (tertiary/aromatic N) is 1. The predicted molar refractivity (Wildman–Crippen MR) is 47.9 cm³/mol. The Kier molecular flexibility index (Phi) is 6.88. The van der Waals surface area contributed by atoms with Crippen LogP contribution < -0.4 is 11.9 Å². The third kappa shape index (κ3) is 12.1. The lowest BCUT2D eigenvalue weighted by Gasteiger charge is -2.23. The number of hydrogen-bond donors (Lipinski definition) is 2. The molecule has 0 radical (unpaired) electrons. The summed E-state index contributed by atoms with van der Waals surface area (Å²) in [5.74, 6) is -0.411. The van der Waals surface area contributed by atoms with Gasteiger partial charge in [-0.1, -0.05) is 0 Å². The molecule has 0 aliphatic rings. The lowest BCUT2D eigenvalue weighted by atomic mass is 10.5. The molecule has 0 spiro atoms. The van der Waals surface area contributed by atoms with Crippen LogP contribution in [0, 0.1) is 0 Å². The molecule has 12 heavy (non-hydrogen) atoms. The summed E-state index contributed by atoms with van der Waals surface area (Å²) in [4.78, 5) is 10.2. The first-order chi connectivity index (χ1) is 4.92. The molecule has 5 N–H and O–H groups in total. The van der Waals surface area contributed by atoms with Crippen LogP contribution in [0.1, 0.15) is 0 Å². The Labute approximate surface area is 73.6 Å². The maximum atomic E-state index is 10.2. The summed E-state index contributed by atoms with van der Waals surface area (Å²) in [7, 11) is 6.19. The number of hydrogen-bond acceptors (Lipinski definition) is 3. The Morgan fingerprint density at radius 3 is 2.25 bits per heavy atom. The van der Waals surface area contributed by atoms with Crippen molar-refractivity contribution < 1.29 is 14.0 Å². The number of rotatable bonds is 5. The van der Waals surface area contributed by atoms with E-state index >= 15 is 0 Å². The first-order valence-electron chi connectivity index (χ1n) is 3.58. The number of likely N-dealkylation sites (N-methyl/N-ethyl adjacent to an activating group) is 1. The first kappa shape index (κ1) is 13.9. The molecule has 0 saturated heterocycles. The summed E-state index contributed by atoms with van der Waals surface area (Å²) >= 11 is 0. The third-order valence-electron chi connectivity index (χ3n) is 1.15. The van der Waals surface area contributed by atoms with Gasteiger partial charge in [-0.2, -0.15) is 0 Å². The predicted octanol–water partition coefficient (Wildman–Crippen LogP) is -0.643. The van der Waals surface area contributed by atoms with Crippen LogP contribution in [-0.4, -0.2) is 51.3 Å². The molecular formula is C7H20N3O2+. The van der Waals surface area contributed by atoms with E-state index in [1.807, 2.05) is 0 Å². The maximum Gasteiger partial charge on any atom is 0.243 e. The van der Waals surface area contributed by atoms with Gasteiger partial charge in [0, 0.05) is 0 Å². The minimum absolute atomic E-state index is 0. The zero-order valence-electron chi connectivity index (χ0n) is 8.17. The van der Waals surface area contributed by atoms with Gasteiger partial charge in [-0.25, -0.2) is 0 Å². The molecule has 0 aromatic carbocycles. The molecule has 0 bridgehead atoms. The molecule has 5 nitrogen and oxygen atoms in total. The zero-order valence-corrected chi connectivity index (χ0v) is 8.17. The molecule has 74 valence electrons. The van der Waals surface area contributed by atoms with Gasteiger partial charge >= 0.3 is 0 Å². The number of quaternary nitrogens is 1. The van der Waals surface area contributed by atoms with Crippen molar-refractivity contribution in [2.24, 2.45) is 5.73 Å². The van der Waals surface area contributed by atoms with Crippen molar-refractivity contribution in [2.75, 3.05) is 40.9 Å². The summed E-state index contributed by atoms with van der Waals surface area (Å²) in [6.07, 6.45) is 0. The summed E-state index contributed by atoms with van der Waals surface area (Å²) in [5.41, 5.74) is 4.87. The molecule has 1 amide bonds. The highest BCUT2D eigenvalue weighted by molar-refractivity contribution is 5.74. The lowest BCUT2D eigenvalue weighted by Crippen LogP contribution is -2.38. The van der Waals surface area contributed by atoms with Crippen LogP contribution in [0.3, 0.4) is 0 Å². The van der Waals surface area contributed by atoms with Gasteiger partial charge in [0.25, 0.3) is 0 Å². The molecule has 0 aromatic rings. The normalized spacial score (nSPS) is 10.6. The largest absolute Gasteiger partial charge is 0.368 e. The first-order valence-corrected chi connectivity index (χ1v) is 3.58. The fourth-order valence-corrected chi connectivity index (χ4v) is 0.511. The molecule has 0 aliphatic carbocycles. The van der Waals surface area contributed by atoms with Gasteiger partial charge in [-0.05, 0) is 0 Å². The van der Waals surface area contributed by atoms with Gasteiger partial charge in [0.15, 0.2) is 0 Å². The number of primary amides is 1. The molecule has 5 heteroatoms. The highest BCUT2D eigenvalue weighted by Gasteiger charge is 2.05. The average Bonchev–Trinajstić information content (AvgIpc) is 1.78. The van der Waals surface area contributed by atoms with Gasteiger partial charge in [0.05, 0.1) is 27.7 Å². The van der Waals surface area contributed by atoms with E-state index in [2.05, 4.69) is 21.1 Å². The summed E-state index contributed by atoms with van der Waals surface area (Å²) in [5, 5.41) is 0. The number of ether oxygens (including phenoxy) is 1. The van der Waals surface area contributed by atoms with E-state index in [1.54, 1.807) is 0 Å². The van der Waals surface area contributed by atoms with Crippen LogP contribution in [0.4, 0.5) is 0 Å². The van der Waals surface area contributed by atoms with Crippen molar-refractivity contribution in [2.45, 2.75) is 0 Å². The van der Waals surface area contributed by atoms with Crippen molar-refractivity contribution in [3.8, 4) is 0 Å². The van der Waals surface area contributed by atoms with Gasteiger partial charge in [0.1, 0.15) is 13.2 Å². The van der Waals surface area contributed by atoms with E-state index in [1.165, 1.54) is 0 Å². The Morgan fingerprint density at radius 2 is 1.92 bits per heavy atom. The van der Waals surface area contributed by atoms with Crippen molar-refractivity contribution in [1.29, 1.82) is 0 Å². The number of carbonyl (C=O) groups excluding carboxylic acids is 1. The summed E-state index contributed by atoms with van der Waals surface area (Å²) in [6.45, 7) is 1.49. The van der Waals surface area contributed by atoms with Crippen LogP contribution in [0.2, 0.25) is 0 Å². The van der Waals surface area contributed by atoms with Gasteiger partial charge in [0.2, 0.25) is 5.91 Å². The minimum Gasteiger partial charge on any atom is -0.368 e. The van der Waals surface area contributed by atoms with Crippen molar-refractivity contribution in [3.05, 3.63) is 0 Å². The van der Waals surface area contributed by atoms with Crippen LogP contribution in [-0.2, 0) is 9.53 Å². The highest BCUT2D eigenvalue weighted by Crippen LogP contribution is 1.88. The van der Waals surface area contributed by atoms with Gasteiger partial charge < -0.3 is 21.1 Å². The van der Waals surface area contributed by atoms with Gasteiger partial charge in [-0.15, -0.1) is 0 Å². The SMILES string of the molecule is C[N+](C)(C)CCOCC(N)=O.N. The second-order valence-electron chi connectivity index (χ2n) is 3.53. The summed E-state index contributed by atoms with van der Waals surface area (Å²) in [6, 6.07) is 0. The third-order valence-corrected chi connectivity index (χ3v) is 1.15. The van der Waals surface area contributed by atoms with Crippen LogP contribution in [0.15, 0.2) is 0 Å². The van der Waals surface area contributed by atoms with Gasteiger partial charge in [-0.3, -0.25) is 4.79 Å². The van der Waals surface area contributed by atoms with E-state index in [4.69, 9.17) is 10.5 Å². The lowest BCUT2D eigenvalue weighted by molar-refractivity contribution is -0.870. The smallest absolute Gasteiger partial charge is 0.243 e. The van der Waals surface area contributed by atoms with Crippen LogP contribution in [0.25, 0.3) is 0 Å². The van der Waals surface area contributed by atoms with Crippen LogP contribution >= 0.6 is 0 Å². The fraction of sp³-hybridized carbons (Fsp3) is 0.857. The molecule has 0 rings (SSSR count). The van der Waals surface area contributed by atoms with E-state index in [0.717, 1.165) is 11.0 Å². The van der Waals surface area contributed by atoms with Crippen molar-refractivity contribution in [1.82, 2.24) is 6.15 Å². The number of carbonyl (C=O) groups is 1. The van der Waals surface area contributed by atoms with E-state index < -0.39 is 5.91 Å². The Balaban J connectivity index is 0. The molecule has 0 heterocycles. The Morgan fingerprint density at radius 1 is 1.42 bits per heavy atom. The minimum atomic E-state index is -0.411. The monoisotopic (exact) mass is 178 g/mol. The second kappa shape index (κ2) is 5.93. The van der Waals surface area contributed by atoms with Crippen molar-refractivity contribution >= 4 is 5.91 Å². The zero-order chi connectivity index (χ0) is 8.91. The maximum absolute atomic E-state index is 10.2. The Bertz CT molecular complexity index is 131. The molecule has 0 fully saturated rings. The number of nitrogens with two attached hydrogens (primary N) is 1. The topological polar surface area (TPSA) is 87.3 Å². The molecule has 0 unspecified atom stereocenters. The average molecular weight is 178 g/mol. The number of amides is 1. The molecular weight excluding hydrogens is 158 g/mol.